The van der Waals surface area contributed by atoms with Gasteiger partial charge in [-0.05, 0) is 48.9 Å². The van der Waals surface area contributed by atoms with Gasteiger partial charge in [-0.2, -0.15) is 5.26 Å². The summed E-state index contributed by atoms with van der Waals surface area (Å²) in [5.74, 6) is -3.21. The van der Waals surface area contributed by atoms with Crippen molar-refractivity contribution in [2.75, 3.05) is 33.9 Å². The molecule has 2 aliphatic rings. The second kappa shape index (κ2) is 13.5. The van der Waals surface area contributed by atoms with Crippen LogP contribution in [0.4, 0.5) is 18.4 Å². The Balaban J connectivity index is 1.44. The number of esters is 1. The number of nitrogens with one attached hydrogen (secondary N) is 3. The van der Waals surface area contributed by atoms with Gasteiger partial charge >= 0.3 is 18.0 Å². The monoisotopic (exact) mass is 581 g/mol. The zero-order chi connectivity index (χ0) is 30.3. The van der Waals surface area contributed by atoms with E-state index in [0.717, 1.165) is 42.5 Å². The lowest BCUT2D eigenvalue weighted by Gasteiger charge is -2.37. The molecule has 2 aromatic carbocycles. The fourth-order valence-corrected chi connectivity index (χ4v) is 5.55. The zero-order valence-electron chi connectivity index (χ0n) is 23.4. The Hall–Kier alpha value is -4.34. The largest absolute Gasteiger partial charge is 0.466 e. The van der Waals surface area contributed by atoms with Gasteiger partial charge in [0.25, 0.3) is 0 Å². The van der Waals surface area contributed by atoms with Crippen LogP contribution in [0.3, 0.4) is 0 Å². The van der Waals surface area contributed by atoms with E-state index >= 15 is 0 Å². The van der Waals surface area contributed by atoms with Gasteiger partial charge in [0.15, 0.2) is 11.6 Å². The third kappa shape index (κ3) is 6.42. The molecule has 0 spiro atoms. The first kappa shape index (κ1) is 30.6. The minimum Gasteiger partial charge on any atom is -0.466 e. The van der Waals surface area contributed by atoms with Crippen molar-refractivity contribution in [1.29, 1.82) is 5.26 Å². The lowest BCUT2D eigenvalue weighted by atomic mass is 9.69. The summed E-state index contributed by atoms with van der Waals surface area (Å²) in [4.78, 5) is 40.0. The van der Waals surface area contributed by atoms with Crippen LogP contribution in [0.1, 0.15) is 42.9 Å². The quantitative estimate of drug-likeness (QED) is 0.303. The van der Waals surface area contributed by atoms with Crippen LogP contribution >= 0.6 is 0 Å². The fraction of sp³-hybridized carbons (Fsp3) is 0.400. The number of benzene rings is 2. The summed E-state index contributed by atoms with van der Waals surface area (Å²) < 4.78 is 38.0. The van der Waals surface area contributed by atoms with Gasteiger partial charge < -0.3 is 25.4 Å². The van der Waals surface area contributed by atoms with Crippen LogP contribution in [0.15, 0.2) is 59.8 Å². The van der Waals surface area contributed by atoms with E-state index in [0.29, 0.717) is 19.4 Å². The highest BCUT2D eigenvalue weighted by Crippen LogP contribution is 2.39. The summed E-state index contributed by atoms with van der Waals surface area (Å²) in [6.07, 6.45) is 2.96. The van der Waals surface area contributed by atoms with E-state index in [1.807, 2.05) is 30.3 Å². The molecule has 4 amide bonds. The SMILES string of the molecule is COCC1=C(C(=O)OC)C(c2ccc(F)c(F)c2)N(C(=O)NCCNC2CCC(C#N)(c3ccccc3)CC2)C(=O)N1. The maximum Gasteiger partial charge on any atom is 0.338 e. The van der Waals surface area contributed by atoms with E-state index < -0.39 is 41.1 Å². The highest BCUT2D eigenvalue weighted by atomic mass is 19.2. The van der Waals surface area contributed by atoms with Crippen molar-refractivity contribution in [3.05, 3.63) is 82.6 Å². The maximum absolute atomic E-state index is 14.2. The molecule has 222 valence electrons. The van der Waals surface area contributed by atoms with Gasteiger partial charge in [-0.15, -0.1) is 0 Å². The first-order valence-corrected chi connectivity index (χ1v) is 13.6. The predicted molar refractivity (Wildman–Crippen MR) is 148 cm³/mol. The topological polar surface area (TPSA) is 133 Å². The summed E-state index contributed by atoms with van der Waals surface area (Å²) in [7, 11) is 2.47. The highest BCUT2D eigenvalue weighted by Gasteiger charge is 2.43. The second-order valence-corrected chi connectivity index (χ2v) is 10.2. The number of nitriles is 1. The molecule has 0 aromatic heterocycles. The summed E-state index contributed by atoms with van der Waals surface area (Å²) in [6, 6.07) is 12.1. The number of rotatable bonds is 9. The summed E-state index contributed by atoms with van der Waals surface area (Å²) in [5.41, 5.74) is 0.377. The van der Waals surface area contributed by atoms with Gasteiger partial charge in [0.05, 0.1) is 36.5 Å². The lowest BCUT2D eigenvalue weighted by Crippen LogP contribution is -2.55. The van der Waals surface area contributed by atoms with Crippen molar-refractivity contribution >= 4 is 18.0 Å². The van der Waals surface area contributed by atoms with E-state index in [2.05, 4.69) is 22.0 Å². The van der Waals surface area contributed by atoms with Crippen LogP contribution in [0.25, 0.3) is 0 Å². The molecule has 1 atom stereocenters. The Bertz CT molecular complexity index is 1390. The van der Waals surface area contributed by atoms with Crippen LogP contribution < -0.4 is 16.0 Å². The van der Waals surface area contributed by atoms with Gasteiger partial charge in [0.2, 0.25) is 0 Å². The van der Waals surface area contributed by atoms with Crippen molar-refractivity contribution in [2.45, 2.75) is 43.2 Å². The number of halogens is 2. The first-order valence-electron chi connectivity index (χ1n) is 13.6. The zero-order valence-corrected chi connectivity index (χ0v) is 23.4. The molecule has 3 N–H and O–H groups in total. The molecule has 10 nitrogen and oxygen atoms in total. The molecule has 1 aliphatic heterocycles. The molecule has 1 heterocycles. The number of nitrogens with zero attached hydrogens (tertiary/aromatic N) is 2. The predicted octanol–water partition coefficient (Wildman–Crippen LogP) is 3.81. The van der Waals surface area contributed by atoms with Gasteiger partial charge in [-0.25, -0.2) is 28.1 Å². The third-order valence-electron chi connectivity index (χ3n) is 7.72. The van der Waals surface area contributed by atoms with Crippen LogP contribution in [0.2, 0.25) is 0 Å². The Morgan fingerprint density at radius 3 is 2.43 bits per heavy atom. The number of urea groups is 2. The van der Waals surface area contributed by atoms with Crippen molar-refractivity contribution < 1.29 is 32.6 Å². The molecule has 1 unspecified atom stereocenters. The van der Waals surface area contributed by atoms with E-state index in [1.165, 1.54) is 13.2 Å². The second-order valence-electron chi connectivity index (χ2n) is 10.2. The van der Waals surface area contributed by atoms with Crippen LogP contribution in [0, 0.1) is 23.0 Å². The highest BCUT2D eigenvalue weighted by molar-refractivity contribution is 6.01. The first-order chi connectivity index (χ1) is 20.2. The van der Waals surface area contributed by atoms with E-state index in [9.17, 15) is 28.4 Å². The normalized spacial score (nSPS) is 22.3. The Morgan fingerprint density at radius 1 is 1.10 bits per heavy atom. The van der Waals surface area contributed by atoms with Gasteiger partial charge in [0.1, 0.15) is 6.04 Å². The molecule has 1 fully saturated rings. The summed E-state index contributed by atoms with van der Waals surface area (Å²) >= 11 is 0. The lowest BCUT2D eigenvalue weighted by molar-refractivity contribution is -0.137. The van der Waals surface area contributed by atoms with Crippen LogP contribution in [-0.2, 0) is 19.7 Å². The van der Waals surface area contributed by atoms with E-state index in [1.54, 1.807) is 0 Å². The smallest absolute Gasteiger partial charge is 0.338 e. The Kier molecular flexibility index (Phi) is 9.88. The van der Waals surface area contributed by atoms with Crippen molar-refractivity contribution in [3.8, 4) is 6.07 Å². The summed E-state index contributed by atoms with van der Waals surface area (Å²) in [5, 5.41) is 18.4. The average molecular weight is 582 g/mol. The molecule has 0 bridgehead atoms. The number of imide groups is 1. The number of methoxy groups -OCH3 is 2. The molecular weight excluding hydrogens is 548 g/mol. The summed E-state index contributed by atoms with van der Waals surface area (Å²) in [6.45, 7) is 0.309. The minimum atomic E-state index is -1.41. The van der Waals surface area contributed by atoms with Crippen molar-refractivity contribution in [1.82, 2.24) is 20.9 Å². The number of carbonyl (C=O) groups excluding carboxylic acids is 3. The number of hydrogen-bond donors (Lipinski definition) is 3. The molecule has 4 rings (SSSR count). The van der Waals surface area contributed by atoms with E-state index in [-0.39, 0.29) is 36.0 Å². The molecule has 42 heavy (non-hydrogen) atoms. The number of amides is 4. The molecule has 1 saturated carbocycles. The molecule has 0 saturated heterocycles. The molecule has 0 radical (unpaired) electrons. The third-order valence-corrected chi connectivity index (χ3v) is 7.72. The van der Waals surface area contributed by atoms with E-state index in [4.69, 9.17) is 9.47 Å². The van der Waals surface area contributed by atoms with Gasteiger partial charge in [-0.1, -0.05) is 36.4 Å². The Morgan fingerprint density at radius 2 is 1.81 bits per heavy atom. The van der Waals surface area contributed by atoms with Crippen molar-refractivity contribution in [3.63, 3.8) is 0 Å². The number of carbonyl (C=O) groups is 3. The number of ether oxygens (including phenoxy) is 2. The van der Waals surface area contributed by atoms with Gasteiger partial charge in [0, 0.05) is 26.2 Å². The average Bonchev–Trinajstić information content (AvgIpc) is 3.01. The Labute approximate surface area is 242 Å². The minimum absolute atomic E-state index is 0.00683. The molecule has 12 heteroatoms. The van der Waals surface area contributed by atoms with Crippen molar-refractivity contribution in [2.24, 2.45) is 0 Å². The van der Waals surface area contributed by atoms with Gasteiger partial charge in [-0.3, -0.25) is 0 Å². The molecular formula is C30H33F2N5O5. The molecule has 1 aliphatic carbocycles. The number of hydrogen-bond acceptors (Lipinski definition) is 7. The molecule has 2 aromatic rings. The van der Waals surface area contributed by atoms with Crippen LogP contribution in [-0.4, -0.2) is 62.9 Å². The maximum atomic E-state index is 14.2. The standard InChI is InChI=1S/C30H33F2N5O5/c1-41-17-24-25(27(38)42-2)26(19-8-9-22(31)23(32)16-19)37(29(40)36-24)28(39)35-15-14-34-21-10-12-30(18-33,13-11-21)20-6-4-3-5-7-20/h3-9,16,21,26,34H,10-15,17H2,1-2H3,(H,35,39)(H,36,40). The fourth-order valence-electron chi connectivity index (χ4n) is 5.55. The van der Waals surface area contributed by atoms with Crippen LogP contribution in [0.5, 0.6) is 0 Å².